The molecule has 0 N–H and O–H groups in total. The van der Waals surface area contributed by atoms with Gasteiger partial charge < -0.3 is 18.9 Å². The van der Waals surface area contributed by atoms with E-state index >= 15 is 0 Å². The van der Waals surface area contributed by atoms with E-state index in [-0.39, 0.29) is 29.6 Å². The lowest BCUT2D eigenvalue weighted by molar-refractivity contribution is -0.143. The first-order valence-corrected chi connectivity index (χ1v) is 15.1. The summed E-state index contributed by atoms with van der Waals surface area (Å²) in [4.78, 5) is 39.2. The molecule has 0 aliphatic carbocycles. The van der Waals surface area contributed by atoms with Gasteiger partial charge >= 0.3 is 11.9 Å². The van der Waals surface area contributed by atoms with Crippen molar-refractivity contribution in [3.8, 4) is 17.2 Å². The molecule has 7 nitrogen and oxygen atoms in total. The van der Waals surface area contributed by atoms with E-state index in [0.29, 0.717) is 28.4 Å². The van der Waals surface area contributed by atoms with Crippen LogP contribution in [0, 0.1) is 10.8 Å². The van der Waals surface area contributed by atoms with Gasteiger partial charge in [0.15, 0.2) is 5.76 Å². The zero-order valence-corrected chi connectivity index (χ0v) is 29.4. The van der Waals surface area contributed by atoms with Crippen molar-refractivity contribution < 1.29 is 33.3 Å². The normalized spacial score (nSPS) is 13.0. The van der Waals surface area contributed by atoms with E-state index in [9.17, 15) is 14.4 Å². The number of hydrogen-bond donors (Lipinski definition) is 0. The average molecular weight is 609 g/mol. The SMILES string of the molecule is COC(=Cc1cc(C(C)(C)C)c(OC(=O)C(C)(C)C)c(C(C)(C)C)c1OC(C)C)C(=O)c1ccc(OC(=O)C(C)(C)C)cc1. The van der Waals surface area contributed by atoms with Crippen LogP contribution < -0.4 is 14.2 Å². The molecule has 2 rings (SSSR count). The van der Waals surface area contributed by atoms with Crippen molar-refractivity contribution in [3.63, 3.8) is 0 Å². The highest BCUT2D eigenvalue weighted by Crippen LogP contribution is 2.48. The molecule has 2 aromatic rings. The number of carbonyl (C=O) groups is 3. The topological polar surface area (TPSA) is 88.1 Å². The number of benzene rings is 2. The molecule has 0 atom stereocenters. The first-order chi connectivity index (χ1) is 19.9. The molecule has 0 bridgehead atoms. The van der Waals surface area contributed by atoms with Crippen LogP contribution in [0.1, 0.15) is 124 Å². The molecule has 0 radical (unpaired) electrons. The van der Waals surface area contributed by atoms with Crippen molar-refractivity contribution in [3.05, 3.63) is 58.3 Å². The van der Waals surface area contributed by atoms with Crippen LogP contribution in [0.25, 0.3) is 6.08 Å². The van der Waals surface area contributed by atoms with Crippen LogP contribution in [0.15, 0.2) is 36.1 Å². The summed E-state index contributed by atoms with van der Waals surface area (Å²) in [7, 11) is 1.45. The minimum Gasteiger partial charge on any atom is -0.493 e. The molecule has 7 heteroatoms. The highest BCUT2D eigenvalue weighted by atomic mass is 16.5. The van der Waals surface area contributed by atoms with Gasteiger partial charge in [0.05, 0.1) is 24.0 Å². The van der Waals surface area contributed by atoms with Crippen LogP contribution in [-0.4, -0.2) is 30.9 Å². The van der Waals surface area contributed by atoms with Crippen LogP contribution in [0.4, 0.5) is 0 Å². The van der Waals surface area contributed by atoms with Gasteiger partial charge in [0, 0.05) is 22.3 Å². The predicted molar refractivity (Wildman–Crippen MR) is 176 cm³/mol. The minimum absolute atomic E-state index is 0.0946. The van der Waals surface area contributed by atoms with Gasteiger partial charge in [-0.3, -0.25) is 14.4 Å². The molecule has 0 aliphatic rings. The number of ether oxygens (including phenoxy) is 4. The van der Waals surface area contributed by atoms with Gasteiger partial charge in [-0.05, 0) is 103 Å². The Morgan fingerprint density at radius 2 is 1.20 bits per heavy atom. The lowest BCUT2D eigenvalue weighted by Gasteiger charge is -2.33. The van der Waals surface area contributed by atoms with Crippen molar-refractivity contribution in [1.29, 1.82) is 0 Å². The summed E-state index contributed by atoms with van der Waals surface area (Å²) in [6.45, 7) is 26.9. The second kappa shape index (κ2) is 13.2. The third kappa shape index (κ3) is 9.20. The van der Waals surface area contributed by atoms with Crippen LogP contribution in [-0.2, 0) is 25.2 Å². The summed E-state index contributed by atoms with van der Waals surface area (Å²) in [5.74, 6) is 0.366. The molecule has 0 spiro atoms. The van der Waals surface area contributed by atoms with E-state index in [2.05, 4.69) is 20.8 Å². The fourth-order valence-corrected chi connectivity index (χ4v) is 4.16. The number of allylic oxidation sites excluding steroid dienone is 1. The third-order valence-electron chi connectivity index (χ3n) is 6.65. The van der Waals surface area contributed by atoms with Crippen LogP contribution >= 0.6 is 0 Å². The second-order valence-electron chi connectivity index (χ2n) is 15.6. The van der Waals surface area contributed by atoms with Gasteiger partial charge in [-0.1, -0.05) is 41.5 Å². The van der Waals surface area contributed by atoms with Crippen molar-refractivity contribution in [1.82, 2.24) is 0 Å². The van der Waals surface area contributed by atoms with E-state index in [1.165, 1.54) is 7.11 Å². The van der Waals surface area contributed by atoms with E-state index in [0.717, 1.165) is 11.1 Å². The molecule has 0 saturated carbocycles. The molecule has 2 aromatic carbocycles. The summed E-state index contributed by atoms with van der Waals surface area (Å²) in [5.41, 5.74) is 0.217. The number of esters is 2. The van der Waals surface area contributed by atoms with Crippen molar-refractivity contribution in [2.24, 2.45) is 10.8 Å². The van der Waals surface area contributed by atoms with E-state index < -0.39 is 21.7 Å². The number of Topliss-reactive ketones (excluding diaryl/α,β-unsaturated/α-hetero) is 1. The summed E-state index contributed by atoms with van der Waals surface area (Å²) in [5, 5.41) is 0. The molecule has 0 aromatic heterocycles. The monoisotopic (exact) mass is 608 g/mol. The number of rotatable bonds is 8. The third-order valence-corrected chi connectivity index (χ3v) is 6.65. The summed E-state index contributed by atoms with van der Waals surface area (Å²) < 4.78 is 23.7. The maximum atomic E-state index is 13.7. The Morgan fingerprint density at radius 1 is 0.705 bits per heavy atom. The van der Waals surface area contributed by atoms with Gasteiger partial charge in [-0.2, -0.15) is 0 Å². The zero-order chi connectivity index (χ0) is 34.0. The highest BCUT2D eigenvalue weighted by molar-refractivity contribution is 6.10. The second-order valence-corrected chi connectivity index (χ2v) is 15.6. The molecule has 0 amide bonds. The standard InChI is InChI=1S/C37H52O7/c1-22(2)42-30-24(20-26(34(3,4)5)31(28(30)35(6,7)8)44-33(40)37(12,13)14)21-27(41-15)29(38)23-16-18-25(19-17-23)43-32(39)36(9,10)11/h16-22H,1-15H3. The van der Waals surface area contributed by atoms with Crippen molar-refractivity contribution >= 4 is 23.8 Å². The molecule has 0 unspecified atom stereocenters. The predicted octanol–water partition coefficient (Wildman–Crippen LogP) is 8.84. The Labute approximate surface area is 264 Å². The van der Waals surface area contributed by atoms with E-state index in [1.807, 2.05) is 61.5 Å². The largest absolute Gasteiger partial charge is 0.493 e. The van der Waals surface area contributed by atoms with Gasteiger partial charge in [-0.15, -0.1) is 0 Å². The van der Waals surface area contributed by atoms with Crippen molar-refractivity contribution in [2.45, 2.75) is 114 Å². The van der Waals surface area contributed by atoms with Gasteiger partial charge in [-0.25, -0.2) is 0 Å². The van der Waals surface area contributed by atoms with E-state index in [1.54, 1.807) is 51.1 Å². The first-order valence-electron chi connectivity index (χ1n) is 15.1. The molecule has 0 heterocycles. The summed E-state index contributed by atoms with van der Waals surface area (Å²) in [6.07, 6.45) is 1.47. The van der Waals surface area contributed by atoms with Crippen LogP contribution in [0.5, 0.6) is 17.2 Å². The van der Waals surface area contributed by atoms with Crippen LogP contribution in [0.3, 0.4) is 0 Å². The van der Waals surface area contributed by atoms with Gasteiger partial charge in [0.2, 0.25) is 5.78 Å². The summed E-state index contributed by atoms with van der Waals surface area (Å²) >= 11 is 0. The Morgan fingerprint density at radius 3 is 1.61 bits per heavy atom. The maximum Gasteiger partial charge on any atom is 0.316 e. The molecule has 44 heavy (non-hydrogen) atoms. The quantitative estimate of drug-likeness (QED) is 0.0972. The van der Waals surface area contributed by atoms with Crippen molar-refractivity contribution in [2.75, 3.05) is 7.11 Å². The zero-order valence-electron chi connectivity index (χ0n) is 29.4. The number of carbonyl (C=O) groups excluding carboxylic acids is 3. The fourth-order valence-electron chi connectivity index (χ4n) is 4.16. The molecule has 0 aliphatic heterocycles. The number of hydrogen-bond acceptors (Lipinski definition) is 7. The fraction of sp³-hybridized carbons (Fsp3) is 0.541. The Balaban J connectivity index is 2.82. The Bertz CT molecular complexity index is 1400. The highest BCUT2D eigenvalue weighted by Gasteiger charge is 2.36. The average Bonchev–Trinajstić information content (AvgIpc) is 2.85. The molecule has 0 fully saturated rings. The minimum atomic E-state index is -0.724. The lowest BCUT2D eigenvalue weighted by atomic mass is 9.77. The van der Waals surface area contributed by atoms with Crippen LogP contribution in [0.2, 0.25) is 0 Å². The first kappa shape index (κ1) is 36.6. The molecular weight excluding hydrogens is 556 g/mol. The molecule has 0 saturated heterocycles. The van der Waals surface area contributed by atoms with Gasteiger partial charge in [0.25, 0.3) is 0 Å². The summed E-state index contributed by atoms with van der Waals surface area (Å²) in [6, 6.07) is 8.29. The molecular formula is C37H52O7. The Hall–Kier alpha value is -3.61. The Kier molecular flexibility index (Phi) is 11.0. The number of methoxy groups -OCH3 is 1. The van der Waals surface area contributed by atoms with E-state index in [4.69, 9.17) is 18.9 Å². The maximum absolute atomic E-state index is 13.7. The molecule has 242 valence electrons. The van der Waals surface area contributed by atoms with Gasteiger partial charge in [0.1, 0.15) is 17.2 Å². The number of ketones is 1. The smallest absolute Gasteiger partial charge is 0.316 e. The lowest BCUT2D eigenvalue weighted by Crippen LogP contribution is -2.30.